The fourth-order valence-electron chi connectivity index (χ4n) is 4.58. The number of aliphatic hydroxyl groups is 1. The van der Waals surface area contributed by atoms with Gasteiger partial charge >= 0.3 is 6.18 Å². The van der Waals surface area contributed by atoms with E-state index in [1.54, 1.807) is 6.92 Å². The van der Waals surface area contributed by atoms with Gasteiger partial charge in [0.2, 0.25) is 0 Å². The number of rotatable bonds is 8. The van der Waals surface area contributed by atoms with Gasteiger partial charge in [-0.15, -0.1) is 0 Å². The number of carbonyl (C=O) groups excluding carboxylic acids is 1. The van der Waals surface area contributed by atoms with E-state index in [0.717, 1.165) is 26.7 Å². The minimum Gasteiger partial charge on any atom is -0.495 e. The number of hydrogen-bond donors (Lipinski definition) is 2. The third kappa shape index (κ3) is 6.09. The Morgan fingerprint density at radius 1 is 1.38 bits per heavy atom. The molecule has 1 amide bonds. The van der Waals surface area contributed by atoms with Crippen molar-refractivity contribution in [2.75, 3.05) is 13.6 Å². The summed E-state index contributed by atoms with van der Waals surface area (Å²) in [6.07, 6.45) is -2.00. The van der Waals surface area contributed by atoms with Crippen molar-refractivity contribution < 1.29 is 31.9 Å². The topological polar surface area (TPSA) is 100 Å². The maximum Gasteiger partial charge on any atom is 0.394 e. The van der Waals surface area contributed by atoms with E-state index in [9.17, 15) is 28.3 Å². The highest BCUT2D eigenvalue weighted by Crippen LogP contribution is 2.41. The van der Waals surface area contributed by atoms with Crippen molar-refractivity contribution in [2.24, 2.45) is 11.3 Å². The maximum absolute atomic E-state index is 13.5. The van der Waals surface area contributed by atoms with Crippen LogP contribution in [0.1, 0.15) is 85.1 Å². The first-order valence-corrected chi connectivity index (χ1v) is 12.3. The van der Waals surface area contributed by atoms with Crippen LogP contribution in [0.3, 0.4) is 0 Å². The van der Waals surface area contributed by atoms with Gasteiger partial charge in [0.15, 0.2) is 11.4 Å². The molecule has 1 aliphatic carbocycles. The second-order valence-electron chi connectivity index (χ2n) is 10.6. The normalized spacial score (nSPS) is 21.9. The number of nitrogens with one attached hydrogen (secondary N) is 1. The standard InChI is InChI=1S/C27H35F3N4O3/c1-6-22-33-23(24(35)32-16-26(36)11-9-17(2)10-12-26)20(15-31)34(22)19-8-7-18(13-21(19)37-5)14-25(3,4)27(28,29)30/h7-8,13,17,36H,6,9-12,14,16H2,1-5H3,(H,32,35)/i5D3. The van der Waals surface area contributed by atoms with Crippen LogP contribution in [0.15, 0.2) is 18.2 Å². The van der Waals surface area contributed by atoms with Gasteiger partial charge in [-0.2, -0.15) is 18.4 Å². The SMILES string of the molecule is [2H]C([2H])([2H])Oc1cc(CC(C)(C)C(F)(F)F)ccc1-n1c(CC)nc(C(=O)NCC2(O)CCC(C)CC2)c1C#N. The average molecular weight is 524 g/mol. The number of aromatic nitrogens is 2. The van der Waals surface area contributed by atoms with E-state index in [-0.39, 0.29) is 47.2 Å². The molecule has 10 heteroatoms. The first kappa shape index (κ1) is 24.3. The zero-order valence-corrected chi connectivity index (χ0v) is 21.5. The lowest BCUT2D eigenvalue weighted by Gasteiger charge is -2.34. The van der Waals surface area contributed by atoms with E-state index in [0.29, 0.717) is 18.8 Å². The number of imidazole rings is 1. The number of carbonyl (C=O) groups is 1. The summed E-state index contributed by atoms with van der Waals surface area (Å²) in [5.41, 5.74) is -3.35. The predicted octanol–water partition coefficient (Wildman–Crippen LogP) is 5.12. The molecule has 1 fully saturated rings. The fourth-order valence-corrected chi connectivity index (χ4v) is 4.58. The Morgan fingerprint density at radius 2 is 2.05 bits per heavy atom. The second kappa shape index (κ2) is 10.7. The minimum atomic E-state index is -4.50. The van der Waals surface area contributed by atoms with Crippen LogP contribution >= 0.6 is 0 Å². The Bertz CT molecular complexity index is 1270. The summed E-state index contributed by atoms with van der Waals surface area (Å²) in [6.45, 7) is 5.88. The van der Waals surface area contributed by atoms with E-state index >= 15 is 0 Å². The van der Waals surface area contributed by atoms with Crippen LogP contribution < -0.4 is 10.1 Å². The molecule has 1 aliphatic rings. The zero-order valence-electron chi connectivity index (χ0n) is 24.5. The zero-order chi connectivity index (χ0) is 30.1. The average Bonchev–Trinajstić information content (AvgIpc) is 3.21. The molecule has 2 aromatic rings. The highest BCUT2D eigenvalue weighted by atomic mass is 19.4. The molecule has 0 unspecified atom stereocenters. The van der Waals surface area contributed by atoms with E-state index in [1.165, 1.54) is 22.8 Å². The molecule has 1 aromatic heterocycles. The maximum atomic E-state index is 13.5. The minimum absolute atomic E-state index is 0.0190. The summed E-state index contributed by atoms with van der Waals surface area (Å²) in [5, 5.41) is 23.5. The molecule has 37 heavy (non-hydrogen) atoms. The molecule has 0 saturated heterocycles. The van der Waals surface area contributed by atoms with Crippen molar-refractivity contribution in [3.05, 3.63) is 41.0 Å². The molecule has 202 valence electrons. The molecule has 2 N–H and O–H groups in total. The molecule has 3 rings (SSSR count). The van der Waals surface area contributed by atoms with Gasteiger partial charge < -0.3 is 15.2 Å². The monoisotopic (exact) mass is 523 g/mol. The van der Waals surface area contributed by atoms with Gasteiger partial charge in [-0.25, -0.2) is 4.98 Å². The highest BCUT2D eigenvalue weighted by Gasteiger charge is 2.47. The molecule has 0 atom stereocenters. The number of methoxy groups -OCH3 is 1. The van der Waals surface area contributed by atoms with Crippen LogP contribution in [0.4, 0.5) is 13.2 Å². The third-order valence-corrected chi connectivity index (χ3v) is 7.16. The van der Waals surface area contributed by atoms with Crippen molar-refractivity contribution in [2.45, 2.75) is 78.0 Å². The number of ether oxygens (including phenoxy) is 1. The molecule has 0 aliphatic heterocycles. The van der Waals surface area contributed by atoms with E-state index in [4.69, 9.17) is 8.85 Å². The quantitative estimate of drug-likeness (QED) is 0.501. The molecule has 0 bridgehead atoms. The Morgan fingerprint density at radius 3 is 2.62 bits per heavy atom. The molecule has 1 aromatic carbocycles. The number of amides is 1. The number of alkyl halides is 3. The van der Waals surface area contributed by atoms with E-state index < -0.39 is 36.6 Å². The summed E-state index contributed by atoms with van der Waals surface area (Å²) in [7, 11) is -2.94. The molecule has 1 heterocycles. The lowest BCUT2D eigenvalue weighted by atomic mass is 9.79. The molecule has 0 radical (unpaired) electrons. The van der Waals surface area contributed by atoms with Crippen LogP contribution in [-0.2, 0) is 12.8 Å². The Balaban J connectivity index is 2.02. The highest BCUT2D eigenvalue weighted by molar-refractivity contribution is 5.94. The lowest BCUT2D eigenvalue weighted by Crippen LogP contribution is -2.45. The Hall–Kier alpha value is -3.06. The predicted molar refractivity (Wildman–Crippen MR) is 133 cm³/mol. The fraction of sp³-hybridized carbons (Fsp3) is 0.593. The molecule has 0 spiro atoms. The molecule has 7 nitrogen and oxygen atoms in total. The number of benzene rings is 1. The summed E-state index contributed by atoms with van der Waals surface area (Å²) < 4.78 is 69.7. The molecular formula is C27H35F3N4O3. The number of aryl methyl sites for hydroxylation is 1. The first-order chi connectivity index (χ1) is 18.4. The number of nitrogens with zero attached hydrogens (tertiary/aromatic N) is 3. The summed E-state index contributed by atoms with van der Waals surface area (Å²) in [4.78, 5) is 17.5. The summed E-state index contributed by atoms with van der Waals surface area (Å²) in [5.74, 6) is -0.234. The largest absolute Gasteiger partial charge is 0.495 e. The van der Waals surface area contributed by atoms with Gasteiger partial charge in [0.1, 0.15) is 17.6 Å². The Kier molecular flexibility index (Phi) is 7.05. The Labute approximate surface area is 219 Å². The summed E-state index contributed by atoms with van der Waals surface area (Å²) >= 11 is 0. The van der Waals surface area contributed by atoms with Gasteiger partial charge in [-0.05, 0) is 55.7 Å². The van der Waals surface area contributed by atoms with Crippen molar-refractivity contribution >= 4 is 5.91 Å². The number of hydrogen-bond acceptors (Lipinski definition) is 5. The van der Waals surface area contributed by atoms with Crippen molar-refractivity contribution in [1.29, 1.82) is 5.26 Å². The third-order valence-electron chi connectivity index (χ3n) is 7.16. The number of nitriles is 1. The summed E-state index contributed by atoms with van der Waals surface area (Å²) in [6, 6.07) is 5.91. The van der Waals surface area contributed by atoms with Crippen molar-refractivity contribution in [3.63, 3.8) is 0 Å². The van der Waals surface area contributed by atoms with Crippen LogP contribution in [-0.4, -0.2) is 45.9 Å². The van der Waals surface area contributed by atoms with Gasteiger partial charge in [-0.3, -0.25) is 9.36 Å². The van der Waals surface area contributed by atoms with Gasteiger partial charge in [-0.1, -0.05) is 33.8 Å². The molecule has 1 saturated carbocycles. The second-order valence-corrected chi connectivity index (χ2v) is 10.6. The van der Waals surface area contributed by atoms with E-state index in [2.05, 4.69) is 17.2 Å². The van der Waals surface area contributed by atoms with Crippen molar-refractivity contribution in [1.82, 2.24) is 14.9 Å². The van der Waals surface area contributed by atoms with Crippen LogP contribution in [0.25, 0.3) is 5.69 Å². The van der Waals surface area contributed by atoms with Crippen LogP contribution in [0.2, 0.25) is 0 Å². The number of halogens is 3. The van der Waals surface area contributed by atoms with Crippen LogP contribution in [0.5, 0.6) is 5.75 Å². The smallest absolute Gasteiger partial charge is 0.394 e. The molecular weight excluding hydrogens is 485 g/mol. The van der Waals surface area contributed by atoms with Gasteiger partial charge in [0.25, 0.3) is 5.91 Å². The van der Waals surface area contributed by atoms with Crippen LogP contribution in [0, 0.1) is 22.7 Å². The first-order valence-electron chi connectivity index (χ1n) is 13.8. The van der Waals surface area contributed by atoms with E-state index in [1.807, 2.05) is 6.07 Å². The lowest BCUT2D eigenvalue weighted by molar-refractivity contribution is -0.211. The van der Waals surface area contributed by atoms with Crippen molar-refractivity contribution in [3.8, 4) is 17.5 Å². The van der Waals surface area contributed by atoms with Gasteiger partial charge in [0, 0.05) is 13.0 Å². The van der Waals surface area contributed by atoms with Gasteiger partial charge in [0.05, 0.1) is 27.9 Å².